The molecule has 0 radical (unpaired) electrons. The van der Waals surface area contributed by atoms with E-state index in [1.807, 2.05) is 0 Å². The number of amides is 1. The lowest BCUT2D eigenvalue weighted by Gasteiger charge is -2.11. The number of rotatable bonds is 3. The largest absolute Gasteiger partial charge is 0.332 e. The molecule has 1 amide bonds. The van der Waals surface area contributed by atoms with Crippen LogP contribution in [0.25, 0.3) is 0 Å². The van der Waals surface area contributed by atoms with Gasteiger partial charge in [0.25, 0.3) is 11.5 Å². The summed E-state index contributed by atoms with van der Waals surface area (Å²) in [5.41, 5.74) is 3.72. The average Bonchev–Trinajstić information content (AvgIpc) is 2.28. The Labute approximate surface area is 95.6 Å². The second kappa shape index (κ2) is 4.84. The fourth-order valence-electron chi connectivity index (χ4n) is 1.02. The number of aromatic nitrogens is 2. The Morgan fingerprint density at radius 2 is 2.00 bits per heavy atom. The Balaban J connectivity index is 3.03. The molecule has 8 heteroatoms. The van der Waals surface area contributed by atoms with E-state index in [4.69, 9.17) is 11.6 Å². The molecule has 1 heterocycles. The molecule has 0 aromatic carbocycles. The van der Waals surface area contributed by atoms with Crippen LogP contribution in [0.4, 0.5) is 5.82 Å². The number of halogens is 1. The predicted octanol–water partition coefficient (Wildman–Crippen LogP) is -1.23. The maximum atomic E-state index is 11.5. The van der Waals surface area contributed by atoms with Gasteiger partial charge in [-0.25, -0.2) is 4.79 Å². The van der Waals surface area contributed by atoms with Crippen molar-refractivity contribution in [2.24, 2.45) is 14.1 Å². The zero-order valence-electron chi connectivity index (χ0n) is 8.78. The van der Waals surface area contributed by atoms with Crippen molar-refractivity contribution in [1.29, 1.82) is 0 Å². The quantitative estimate of drug-likeness (QED) is 0.516. The third-order valence-electron chi connectivity index (χ3n) is 1.98. The van der Waals surface area contributed by atoms with E-state index in [0.29, 0.717) is 0 Å². The van der Waals surface area contributed by atoms with Crippen LogP contribution in [0.2, 0.25) is 0 Å². The maximum absolute atomic E-state index is 11.5. The van der Waals surface area contributed by atoms with Crippen LogP contribution in [0.5, 0.6) is 0 Å². The van der Waals surface area contributed by atoms with E-state index in [1.54, 1.807) is 0 Å². The van der Waals surface area contributed by atoms with Gasteiger partial charge in [0.1, 0.15) is 11.7 Å². The molecule has 16 heavy (non-hydrogen) atoms. The van der Waals surface area contributed by atoms with Crippen LogP contribution in [0.15, 0.2) is 15.7 Å². The second-order valence-electron chi connectivity index (χ2n) is 3.08. The van der Waals surface area contributed by atoms with Crippen molar-refractivity contribution in [1.82, 2.24) is 14.6 Å². The van der Waals surface area contributed by atoms with Gasteiger partial charge >= 0.3 is 5.69 Å². The van der Waals surface area contributed by atoms with Gasteiger partial charge in [0.05, 0.1) is 0 Å². The average molecular weight is 247 g/mol. The number of nitrogens with zero attached hydrogens (tertiary/aromatic N) is 2. The summed E-state index contributed by atoms with van der Waals surface area (Å²) in [6.07, 6.45) is 0. The van der Waals surface area contributed by atoms with Crippen molar-refractivity contribution in [3.8, 4) is 0 Å². The highest BCUT2D eigenvalue weighted by Crippen LogP contribution is 1.95. The van der Waals surface area contributed by atoms with E-state index in [-0.39, 0.29) is 11.7 Å². The molecule has 2 N–H and O–H groups in total. The molecule has 1 rings (SSSR count). The molecule has 0 fully saturated rings. The molecule has 0 saturated heterocycles. The first kappa shape index (κ1) is 12.3. The Morgan fingerprint density at radius 3 is 2.56 bits per heavy atom. The van der Waals surface area contributed by atoms with Gasteiger partial charge in [-0.2, -0.15) is 0 Å². The maximum Gasteiger partial charge on any atom is 0.332 e. The van der Waals surface area contributed by atoms with Crippen molar-refractivity contribution in [2.45, 2.75) is 0 Å². The molecule has 0 saturated carbocycles. The molecule has 1 aromatic rings. The lowest BCUT2D eigenvalue weighted by atomic mass is 10.5. The van der Waals surface area contributed by atoms with E-state index in [0.717, 1.165) is 4.57 Å². The van der Waals surface area contributed by atoms with E-state index >= 15 is 0 Å². The number of nitrogens with one attached hydrogen (secondary N) is 2. The number of hydrogen-bond donors (Lipinski definition) is 2. The monoisotopic (exact) mass is 246 g/mol. The summed E-state index contributed by atoms with van der Waals surface area (Å²) in [4.78, 5) is 33.6. The van der Waals surface area contributed by atoms with Crippen molar-refractivity contribution >= 4 is 23.3 Å². The lowest BCUT2D eigenvalue weighted by molar-refractivity contribution is -0.118. The SMILES string of the molecule is Cn1c(NNC(=O)CCl)cc(=O)n(C)c1=O. The van der Waals surface area contributed by atoms with Crippen LogP contribution in [0.1, 0.15) is 0 Å². The normalized spacial score (nSPS) is 9.94. The summed E-state index contributed by atoms with van der Waals surface area (Å²) in [7, 11) is 2.84. The van der Waals surface area contributed by atoms with Crippen molar-refractivity contribution < 1.29 is 4.79 Å². The second-order valence-corrected chi connectivity index (χ2v) is 3.34. The van der Waals surface area contributed by atoms with Crippen molar-refractivity contribution in [2.75, 3.05) is 11.3 Å². The third-order valence-corrected chi connectivity index (χ3v) is 2.22. The highest BCUT2D eigenvalue weighted by Gasteiger charge is 2.05. The molecule has 0 aliphatic carbocycles. The van der Waals surface area contributed by atoms with Gasteiger partial charge in [-0.15, -0.1) is 11.6 Å². The van der Waals surface area contributed by atoms with Gasteiger partial charge in [-0.05, 0) is 0 Å². The Morgan fingerprint density at radius 1 is 1.38 bits per heavy atom. The fourth-order valence-corrected chi connectivity index (χ4v) is 1.09. The first-order valence-electron chi connectivity index (χ1n) is 4.35. The third kappa shape index (κ3) is 2.43. The molecule has 0 spiro atoms. The minimum atomic E-state index is -0.491. The fraction of sp³-hybridized carbons (Fsp3) is 0.375. The van der Waals surface area contributed by atoms with Crippen LogP contribution in [0, 0.1) is 0 Å². The topological polar surface area (TPSA) is 85.1 Å². The molecule has 0 aliphatic heterocycles. The standard InChI is InChI=1S/C8H11ClN4O3/c1-12-5(10-11-6(14)4-9)3-7(15)13(2)8(12)16/h3,10H,4H2,1-2H3,(H,11,14). The molecule has 0 bridgehead atoms. The minimum absolute atomic E-state index is 0.187. The van der Waals surface area contributed by atoms with Gasteiger partial charge in [-0.1, -0.05) is 0 Å². The molecular weight excluding hydrogens is 236 g/mol. The summed E-state index contributed by atoms with van der Waals surface area (Å²) in [6.45, 7) is 0. The first-order chi connectivity index (χ1) is 7.47. The summed E-state index contributed by atoms with van der Waals surface area (Å²) < 4.78 is 2.14. The van der Waals surface area contributed by atoms with E-state index in [2.05, 4.69) is 10.9 Å². The highest BCUT2D eigenvalue weighted by atomic mass is 35.5. The van der Waals surface area contributed by atoms with Crippen LogP contribution < -0.4 is 22.1 Å². The number of anilines is 1. The number of hydrazine groups is 1. The summed E-state index contributed by atoms with van der Waals surface area (Å²) in [6, 6.07) is 1.19. The number of alkyl halides is 1. The molecule has 0 unspecified atom stereocenters. The Hall–Kier alpha value is -1.76. The summed E-state index contributed by atoms with van der Waals surface area (Å²) in [5.74, 6) is -0.493. The smallest absolute Gasteiger partial charge is 0.283 e. The molecule has 1 aromatic heterocycles. The van der Waals surface area contributed by atoms with Gasteiger partial charge in [0.2, 0.25) is 0 Å². The summed E-state index contributed by atoms with van der Waals surface area (Å²) in [5, 5.41) is 0. The van der Waals surface area contributed by atoms with Gasteiger partial charge in [0.15, 0.2) is 0 Å². The van der Waals surface area contributed by atoms with Crippen molar-refractivity contribution in [3.63, 3.8) is 0 Å². The Bertz CT molecular complexity index is 519. The molecule has 0 atom stereocenters. The zero-order valence-corrected chi connectivity index (χ0v) is 9.54. The van der Waals surface area contributed by atoms with E-state index in [9.17, 15) is 14.4 Å². The zero-order chi connectivity index (χ0) is 12.3. The molecule has 88 valence electrons. The predicted molar refractivity (Wildman–Crippen MR) is 59.4 cm³/mol. The summed E-state index contributed by atoms with van der Waals surface area (Å²) >= 11 is 5.26. The van der Waals surface area contributed by atoms with Gasteiger partial charge in [0, 0.05) is 20.2 Å². The van der Waals surface area contributed by atoms with Crippen molar-refractivity contribution in [3.05, 3.63) is 26.9 Å². The Kier molecular flexibility index (Phi) is 3.73. The minimum Gasteiger partial charge on any atom is -0.283 e. The molecule has 7 nitrogen and oxygen atoms in total. The first-order valence-corrected chi connectivity index (χ1v) is 4.88. The number of carbonyl (C=O) groups excluding carboxylic acids is 1. The van der Waals surface area contributed by atoms with E-state index in [1.165, 1.54) is 24.7 Å². The van der Waals surface area contributed by atoms with Crippen LogP contribution >= 0.6 is 11.6 Å². The molecule has 0 aliphatic rings. The van der Waals surface area contributed by atoms with Crippen LogP contribution in [-0.4, -0.2) is 20.9 Å². The van der Waals surface area contributed by atoms with Gasteiger partial charge < -0.3 is 0 Å². The van der Waals surface area contributed by atoms with Gasteiger partial charge in [-0.3, -0.25) is 29.6 Å². The number of hydrogen-bond acceptors (Lipinski definition) is 4. The molecular formula is C8H11ClN4O3. The van der Waals surface area contributed by atoms with Crippen LogP contribution in [0.3, 0.4) is 0 Å². The van der Waals surface area contributed by atoms with E-state index < -0.39 is 17.2 Å². The lowest BCUT2D eigenvalue weighted by Crippen LogP contribution is -2.40. The number of carbonyl (C=O) groups is 1. The van der Waals surface area contributed by atoms with Crippen LogP contribution in [-0.2, 0) is 18.9 Å². The highest BCUT2D eigenvalue weighted by molar-refractivity contribution is 6.27.